The normalized spacial score (nSPS) is 11.9. The predicted octanol–water partition coefficient (Wildman–Crippen LogP) is 1.27. The van der Waals surface area contributed by atoms with E-state index in [1.807, 2.05) is 25.1 Å². The molecule has 1 atom stereocenters. The molecule has 1 aromatic carbocycles. The van der Waals surface area contributed by atoms with Crippen LogP contribution in [0.3, 0.4) is 0 Å². The Kier molecular flexibility index (Phi) is 7.59. The summed E-state index contributed by atoms with van der Waals surface area (Å²) in [6.45, 7) is 2.45. The second kappa shape index (κ2) is 8.09. The van der Waals surface area contributed by atoms with Gasteiger partial charge in [0, 0.05) is 18.7 Å². The lowest BCUT2D eigenvalue weighted by Gasteiger charge is -2.12. The standard InChI is InChI=1S/C13H20FN3O.ClH/c1-9(15)13(18)16-7-10-4-5-11(8-17(2)3)12(14)6-10;/h4-6,9H,7-8,15H2,1-3H3,(H,16,18);1H/t9-;/m1./s1. The maximum absolute atomic E-state index is 13.7. The summed E-state index contributed by atoms with van der Waals surface area (Å²) in [7, 11) is 3.77. The highest BCUT2D eigenvalue weighted by molar-refractivity contribution is 5.85. The average molecular weight is 290 g/mol. The number of amides is 1. The van der Waals surface area contributed by atoms with Crippen LogP contribution in [0.4, 0.5) is 4.39 Å². The van der Waals surface area contributed by atoms with Crippen molar-refractivity contribution in [2.45, 2.75) is 26.1 Å². The summed E-state index contributed by atoms with van der Waals surface area (Å²) in [5.74, 6) is -0.496. The van der Waals surface area contributed by atoms with Crippen molar-refractivity contribution in [3.8, 4) is 0 Å². The van der Waals surface area contributed by atoms with Crippen LogP contribution < -0.4 is 11.1 Å². The van der Waals surface area contributed by atoms with E-state index < -0.39 is 6.04 Å². The van der Waals surface area contributed by atoms with E-state index in [2.05, 4.69) is 5.32 Å². The molecule has 0 radical (unpaired) electrons. The van der Waals surface area contributed by atoms with E-state index in [9.17, 15) is 9.18 Å². The van der Waals surface area contributed by atoms with Crippen LogP contribution in [0.15, 0.2) is 18.2 Å². The van der Waals surface area contributed by atoms with Crippen molar-refractivity contribution in [3.63, 3.8) is 0 Å². The van der Waals surface area contributed by atoms with Gasteiger partial charge in [0.25, 0.3) is 0 Å². The number of carbonyl (C=O) groups is 1. The summed E-state index contributed by atoms with van der Waals surface area (Å²) >= 11 is 0. The molecule has 6 heteroatoms. The fourth-order valence-corrected chi connectivity index (χ4v) is 1.52. The van der Waals surface area contributed by atoms with Crippen LogP contribution in [0, 0.1) is 5.82 Å². The van der Waals surface area contributed by atoms with Gasteiger partial charge in [-0.05, 0) is 32.6 Å². The Labute approximate surface area is 119 Å². The van der Waals surface area contributed by atoms with Gasteiger partial charge in [-0.25, -0.2) is 4.39 Å². The molecule has 4 nitrogen and oxygen atoms in total. The lowest BCUT2D eigenvalue weighted by Crippen LogP contribution is -2.37. The zero-order chi connectivity index (χ0) is 13.7. The number of hydrogen-bond acceptors (Lipinski definition) is 3. The zero-order valence-electron chi connectivity index (χ0n) is 11.4. The number of halogens is 2. The third-order valence-electron chi connectivity index (χ3n) is 2.48. The van der Waals surface area contributed by atoms with Gasteiger partial charge < -0.3 is 16.0 Å². The highest BCUT2D eigenvalue weighted by atomic mass is 35.5. The second-order valence-electron chi connectivity index (χ2n) is 4.67. The molecular formula is C13H21ClFN3O. The van der Waals surface area contributed by atoms with Crippen molar-refractivity contribution < 1.29 is 9.18 Å². The molecule has 108 valence electrons. The first-order chi connectivity index (χ1) is 8.40. The number of nitrogens with one attached hydrogen (secondary N) is 1. The van der Waals surface area contributed by atoms with Gasteiger partial charge in [-0.15, -0.1) is 12.4 Å². The fraction of sp³-hybridized carbons (Fsp3) is 0.462. The van der Waals surface area contributed by atoms with Crippen molar-refractivity contribution in [2.75, 3.05) is 14.1 Å². The van der Waals surface area contributed by atoms with E-state index in [0.29, 0.717) is 18.7 Å². The van der Waals surface area contributed by atoms with Gasteiger partial charge in [0.05, 0.1) is 6.04 Å². The molecule has 19 heavy (non-hydrogen) atoms. The molecular weight excluding hydrogens is 269 g/mol. The largest absolute Gasteiger partial charge is 0.351 e. The van der Waals surface area contributed by atoms with Gasteiger partial charge in [-0.3, -0.25) is 4.79 Å². The molecule has 0 aliphatic carbocycles. The van der Waals surface area contributed by atoms with Crippen molar-refractivity contribution in [1.29, 1.82) is 0 Å². The fourth-order valence-electron chi connectivity index (χ4n) is 1.52. The number of nitrogens with two attached hydrogens (primary N) is 1. The van der Waals surface area contributed by atoms with Crippen LogP contribution in [0.5, 0.6) is 0 Å². The Morgan fingerprint density at radius 3 is 2.58 bits per heavy atom. The van der Waals surface area contributed by atoms with Gasteiger partial charge in [0.2, 0.25) is 5.91 Å². The number of hydrogen-bond donors (Lipinski definition) is 2. The number of carbonyl (C=O) groups excluding carboxylic acids is 1. The van der Waals surface area contributed by atoms with Crippen LogP contribution in [-0.2, 0) is 17.9 Å². The minimum Gasteiger partial charge on any atom is -0.351 e. The summed E-state index contributed by atoms with van der Waals surface area (Å²) in [5, 5.41) is 2.64. The van der Waals surface area contributed by atoms with Gasteiger partial charge in [0.15, 0.2) is 0 Å². The molecule has 0 aliphatic rings. The Morgan fingerprint density at radius 1 is 1.47 bits per heavy atom. The average Bonchev–Trinajstić information content (AvgIpc) is 2.28. The van der Waals surface area contributed by atoms with Crippen molar-refractivity contribution in [2.24, 2.45) is 5.73 Å². The molecule has 0 aliphatic heterocycles. The Balaban J connectivity index is 0.00000324. The first-order valence-electron chi connectivity index (χ1n) is 5.85. The van der Waals surface area contributed by atoms with Crippen LogP contribution in [0.1, 0.15) is 18.1 Å². The molecule has 0 saturated carbocycles. The van der Waals surface area contributed by atoms with Crippen LogP contribution in [0.25, 0.3) is 0 Å². The SMILES string of the molecule is C[C@@H](N)C(=O)NCc1ccc(CN(C)C)c(F)c1.Cl. The summed E-state index contributed by atoms with van der Waals surface area (Å²) in [4.78, 5) is 13.2. The van der Waals surface area contributed by atoms with Crippen LogP contribution in [-0.4, -0.2) is 30.9 Å². The molecule has 0 spiro atoms. The first kappa shape index (κ1) is 17.8. The molecule has 1 rings (SSSR count). The van der Waals surface area contributed by atoms with Crippen LogP contribution in [0.2, 0.25) is 0 Å². The molecule has 3 N–H and O–H groups in total. The van der Waals surface area contributed by atoms with Crippen molar-refractivity contribution >= 4 is 18.3 Å². The highest BCUT2D eigenvalue weighted by Gasteiger charge is 2.08. The monoisotopic (exact) mass is 289 g/mol. The smallest absolute Gasteiger partial charge is 0.236 e. The summed E-state index contributed by atoms with van der Waals surface area (Å²) in [6.07, 6.45) is 0. The Hall–Kier alpha value is -1.17. The molecule has 1 aromatic rings. The molecule has 0 saturated heterocycles. The first-order valence-corrected chi connectivity index (χ1v) is 5.85. The predicted molar refractivity (Wildman–Crippen MR) is 76.5 cm³/mol. The van der Waals surface area contributed by atoms with Gasteiger partial charge in [-0.2, -0.15) is 0 Å². The molecule has 0 aromatic heterocycles. The van der Waals surface area contributed by atoms with E-state index in [1.165, 1.54) is 6.07 Å². The lowest BCUT2D eigenvalue weighted by molar-refractivity contribution is -0.122. The van der Waals surface area contributed by atoms with Gasteiger partial charge >= 0.3 is 0 Å². The number of rotatable bonds is 5. The maximum Gasteiger partial charge on any atom is 0.236 e. The third-order valence-corrected chi connectivity index (χ3v) is 2.48. The van der Waals surface area contributed by atoms with Crippen molar-refractivity contribution in [3.05, 3.63) is 35.1 Å². The molecule has 0 unspecified atom stereocenters. The topological polar surface area (TPSA) is 58.4 Å². The second-order valence-corrected chi connectivity index (χ2v) is 4.67. The van der Waals surface area contributed by atoms with Gasteiger partial charge in [0.1, 0.15) is 5.82 Å². The summed E-state index contributed by atoms with van der Waals surface area (Å²) in [6, 6.07) is 4.44. The molecule has 0 bridgehead atoms. The summed E-state index contributed by atoms with van der Waals surface area (Å²) in [5.41, 5.74) is 6.78. The van der Waals surface area contributed by atoms with E-state index in [-0.39, 0.29) is 24.1 Å². The van der Waals surface area contributed by atoms with E-state index in [4.69, 9.17) is 5.73 Å². The minimum atomic E-state index is -0.553. The van der Waals surface area contributed by atoms with E-state index in [0.717, 1.165) is 5.56 Å². The highest BCUT2D eigenvalue weighted by Crippen LogP contribution is 2.11. The van der Waals surface area contributed by atoms with Crippen LogP contribution >= 0.6 is 12.4 Å². The summed E-state index contributed by atoms with van der Waals surface area (Å²) < 4.78 is 13.7. The molecule has 1 amide bonds. The third kappa shape index (κ3) is 6.00. The van der Waals surface area contributed by atoms with E-state index >= 15 is 0 Å². The molecule has 0 fully saturated rings. The zero-order valence-corrected chi connectivity index (χ0v) is 12.3. The maximum atomic E-state index is 13.7. The lowest BCUT2D eigenvalue weighted by atomic mass is 10.1. The quantitative estimate of drug-likeness (QED) is 0.858. The number of benzene rings is 1. The molecule has 0 heterocycles. The Bertz CT molecular complexity index is 424. The van der Waals surface area contributed by atoms with E-state index in [1.54, 1.807) is 13.0 Å². The number of nitrogens with zero attached hydrogens (tertiary/aromatic N) is 1. The van der Waals surface area contributed by atoms with Crippen molar-refractivity contribution in [1.82, 2.24) is 10.2 Å². The Morgan fingerprint density at radius 2 is 2.11 bits per heavy atom. The minimum absolute atomic E-state index is 0. The van der Waals surface area contributed by atoms with Gasteiger partial charge in [-0.1, -0.05) is 12.1 Å².